The molecule has 0 aliphatic heterocycles. The summed E-state index contributed by atoms with van der Waals surface area (Å²) in [4.78, 5) is 10.1. The number of anilines is 2. The summed E-state index contributed by atoms with van der Waals surface area (Å²) in [6.45, 7) is 1.90. The van der Waals surface area contributed by atoms with Gasteiger partial charge in [-0.2, -0.15) is 13.2 Å². The van der Waals surface area contributed by atoms with Crippen molar-refractivity contribution in [2.75, 3.05) is 5.32 Å². The Bertz CT molecular complexity index is 1200. The van der Waals surface area contributed by atoms with Crippen LogP contribution in [0.1, 0.15) is 10.4 Å². The third kappa shape index (κ3) is 3.77. The number of nitrogens with one attached hydrogen (secondary N) is 1. The molecule has 0 aliphatic rings. The average Bonchev–Trinajstić information content (AvgIpc) is 3.00. The Morgan fingerprint density at radius 3 is 2.45 bits per heavy atom. The number of nitrogens with zero attached hydrogens (tertiary/aromatic N) is 2. The SMILES string of the molecule is Cc1sc2ncnc(Nc3ccc(Cl)c(C(F)(F)F)c3)c2c1-c1ccc(F)cc1. The topological polar surface area (TPSA) is 37.8 Å². The highest BCUT2D eigenvalue weighted by atomic mass is 35.5. The van der Waals surface area contributed by atoms with Crippen LogP contribution >= 0.6 is 22.9 Å². The Morgan fingerprint density at radius 2 is 1.76 bits per heavy atom. The summed E-state index contributed by atoms with van der Waals surface area (Å²) in [7, 11) is 0. The summed E-state index contributed by atoms with van der Waals surface area (Å²) in [6.07, 6.45) is -3.23. The molecular weight excluding hydrogens is 426 g/mol. The lowest BCUT2D eigenvalue weighted by atomic mass is 10.0. The van der Waals surface area contributed by atoms with E-state index in [0.29, 0.717) is 16.0 Å². The summed E-state index contributed by atoms with van der Waals surface area (Å²) in [5.41, 5.74) is 0.823. The normalized spacial score (nSPS) is 11.8. The van der Waals surface area contributed by atoms with Crippen LogP contribution < -0.4 is 5.32 Å². The number of hydrogen-bond donors (Lipinski definition) is 1. The number of alkyl halides is 3. The Labute approximate surface area is 172 Å². The van der Waals surface area contributed by atoms with Gasteiger partial charge in [0.15, 0.2) is 0 Å². The molecule has 9 heteroatoms. The van der Waals surface area contributed by atoms with Gasteiger partial charge in [0.25, 0.3) is 0 Å². The van der Waals surface area contributed by atoms with E-state index in [0.717, 1.165) is 22.1 Å². The monoisotopic (exact) mass is 437 g/mol. The Morgan fingerprint density at radius 1 is 1.03 bits per heavy atom. The van der Waals surface area contributed by atoms with E-state index < -0.39 is 11.7 Å². The van der Waals surface area contributed by atoms with Crippen molar-refractivity contribution in [2.24, 2.45) is 0 Å². The summed E-state index contributed by atoms with van der Waals surface area (Å²) >= 11 is 7.12. The van der Waals surface area contributed by atoms with Gasteiger partial charge in [0, 0.05) is 16.1 Å². The van der Waals surface area contributed by atoms with Gasteiger partial charge in [0.2, 0.25) is 0 Å². The molecule has 3 nitrogen and oxygen atoms in total. The predicted molar refractivity (Wildman–Crippen MR) is 107 cm³/mol. The van der Waals surface area contributed by atoms with Crippen LogP contribution in [0.2, 0.25) is 5.02 Å². The second-order valence-electron chi connectivity index (χ2n) is 6.26. The highest BCUT2D eigenvalue weighted by molar-refractivity contribution is 7.19. The molecule has 4 aromatic rings. The van der Waals surface area contributed by atoms with E-state index in [2.05, 4.69) is 15.3 Å². The fourth-order valence-electron chi connectivity index (χ4n) is 3.06. The van der Waals surface area contributed by atoms with Crippen LogP contribution in [0.25, 0.3) is 21.3 Å². The van der Waals surface area contributed by atoms with Crippen LogP contribution in [0.15, 0.2) is 48.8 Å². The van der Waals surface area contributed by atoms with Gasteiger partial charge in [-0.05, 0) is 42.8 Å². The Balaban J connectivity index is 1.84. The minimum atomic E-state index is -4.58. The van der Waals surface area contributed by atoms with E-state index in [4.69, 9.17) is 11.6 Å². The number of thiophene rings is 1. The van der Waals surface area contributed by atoms with E-state index in [1.165, 1.54) is 41.9 Å². The molecular formula is C20H12ClF4N3S. The summed E-state index contributed by atoms with van der Waals surface area (Å²) < 4.78 is 52.9. The molecule has 29 heavy (non-hydrogen) atoms. The maximum Gasteiger partial charge on any atom is 0.417 e. The van der Waals surface area contributed by atoms with Crippen molar-refractivity contribution in [3.05, 3.63) is 70.1 Å². The van der Waals surface area contributed by atoms with Gasteiger partial charge in [-0.15, -0.1) is 11.3 Å². The van der Waals surface area contributed by atoms with Crippen molar-refractivity contribution in [1.82, 2.24) is 9.97 Å². The maximum absolute atomic E-state index is 13.3. The van der Waals surface area contributed by atoms with Crippen molar-refractivity contribution in [3.63, 3.8) is 0 Å². The fraction of sp³-hybridized carbons (Fsp3) is 0.100. The Kier molecular flexibility index (Phi) is 4.92. The molecule has 0 unspecified atom stereocenters. The standard InChI is InChI=1S/C20H12ClF4N3S/c1-10-16(11-2-4-12(22)5-3-11)17-18(26-9-27-19(17)29-10)28-13-6-7-15(21)14(8-13)20(23,24)25/h2-9H,1H3,(H,26,27,28). The van der Waals surface area contributed by atoms with Crippen molar-refractivity contribution in [1.29, 1.82) is 0 Å². The molecule has 148 valence electrons. The van der Waals surface area contributed by atoms with Crippen molar-refractivity contribution in [2.45, 2.75) is 13.1 Å². The first-order valence-corrected chi connectivity index (χ1v) is 9.57. The fourth-order valence-corrected chi connectivity index (χ4v) is 4.30. The molecule has 0 radical (unpaired) electrons. The predicted octanol–water partition coefficient (Wildman–Crippen LogP) is 7.22. The molecule has 0 aliphatic carbocycles. The number of aromatic nitrogens is 2. The number of fused-ring (bicyclic) bond motifs is 1. The largest absolute Gasteiger partial charge is 0.417 e. The molecule has 0 amide bonds. The molecule has 0 fully saturated rings. The van der Waals surface area contributed by atoms with E-state index >= 15 is 0 Å². The minimum Gasteiger partial charge on any atom is -0.340 e. The number of rotatable bonds is 3. The first kappa shape index (κ1) is 19.6. The van der Waals surface area contributed by atoms with E-state index in [1.54, 1.807) is 12.1 Å². The molecule has 0 spiro atoms. The quantitative estimate of drug-likeness (QED) is 0.344. The minimum absolute atomic E-state index is 0.190. The Hall–Kier alpha value is -2.71. The molecule has 2 aromatic carbocycles. The van der Waals surface area contributed by atoms with Crippen molar-refractivity contribution >= 4 is 44.7 Å². The lowest BCUT2D eigenvalue weighted by molar-refractivity contribution is -0.137. The second kappa shape index (κ2) is 7.27. The van der Waals surface area contributed by atoms with E-state index in [1.807, 2.05) is 6.92 Å². The molecule has 4 rings (SSSR count). The van der Waals surface area contributed by atoms with Crippen LogP contribution in [-0.2, 0) is 6.18 Å². The van der Waals surface area contributed by atoms with Crippen molar-refractivity contribution in [3.8, 4) is 11.1 Å². The summed E-state index contributed by atoms with van der Waals surface area (Å²) in [6, 6.07) is 9.56. The average molecular weight is 438 g/mol. The zero-order valence-electron chi connectivity index (χ0n) is 14.8. The third-order valence-corrected chi connectivity index (χ3v) is 5.67. The van der Waals surface area contributed by atoms with Gasteiger partial charge in [0.1, 0.15) is 22.8 Å². The smallest absolute Gasteiger partial charge is 0.340 e. The van der Waals surface area contributed by atoms with Gasteiger partial charge < -0.3 is 5.32 Å². The van der Waals surface area contributed by atoms with Gasteiger partial charge in [-0.25, -0.2) is 14.4 Å². The zero-order chi connectivity index (χ0) is 20.8. The van der Waals surface area contributed by atoms with E-state index in [9.17, 15) is 17.6 Å². The first-order valence-electron chi connectivity index (χ1n) is 8.38. The van der Waals surface area contributed by atoms with Gasteiger partial charge in [-0.3, -0.25) is 0 Å². The number of aryl methyl sites for hydroxylation is 1. The highest BCUT2D eigenvalue weighted by Crippen LogP contribution is 2.42. The van der Waals surface area contributed by atoms with Gasteiger partial charge in [0.05, 0.1) is 16.0 Å². The third-order valence-electron chi connectivity index (χ3n) is 4.33. The second-order valence-corrected chi connectivity index (χ2v) is 7.87. The lowest BCUT2D eigenvalue weighted by Crippen LogP contribution is -2.06. The van der Waals surface area contributed by atoms with Crippen LogP contribution in [0.5, 0.6) is 0 Å². The molecule has 2 heterocycles. The van der Waals surface area contributed by atoms with Crippen LogP contribution in [0.3, 0.4) is 0 Å². The number of benzene rings is 2. The number of halogens is 5. The van der Waals surface area contributed by atoms with Crippen LogP contribution in [0.4, 0.5) is 29.1 Å². The zero-order valence-corrected chi connectivity index (χ0v) is 16.4. The summed E-state index contributed by atoms with van der Waals surface area (Å²) in [5.74, 6) is -0.00416. The van der Waals surface area contributed by atoms with Crippen LogP contribution in [0, 0.1) is 12.7 Å². The molecule has 2 aromatic heterocycles. The molecule has 0 atom stereocenters. The first-order chi connectivity index (χ1) is 13.7. The van der Waals surface area contributed by atoms with Gasteiger partial charge >= 0.3 is 6.18 Å². The molecule has 0 saturated carbocycles. The molecule has 1 N–H and O–H groups in total. The van der Waals surface area contributed by atoms with E-state index in [-0.39, 0.29) is 16.5 Å². The van der Waals surface area contributed by atoms with Crippen molar-refractivity contribution < 1.29 is 17.6 Å². The lowest BCUT2D eigenvalue weighted by Gasteiger charge is -2.13. The van der Waals surface area contributed by atoms with Crippen LogP contribution in [-0.4, -0.2) is 9.97 Å². The van der Waals surface area contributed by atoms with Gasteiger partial charge in [-0.1, -0.05) is 23.7 Å². The maximum atomic E-state index is 13.3. The molecule has 0 saturated heterocycles. The number of hydrogen-bond acceptors (Lipinski definition) is 4. The highest BCUT2D eigenvalue weighted by Gasteiger charge is 2.33. The molecule has 0 bridgehead atoms. The summed E-state index contributed by atoms with van der Waals surface area (Å²) in [5, 5.41) is 3.22.